The molecule has 0 bridgehead atoms. The summed E-state index contributed by atoms with van der Waals surface area (Å²) in [6, 6.07) is 9.73. The van der Waals surface area contributed by atoms with Crippen LogP contribution < -0.4 is 10.6 Å². The maximum absolute atomic E-state index is 6.15. The van der Waals surface area contributed by atoms with E-state index in [1.165, 1.54) is 11.1 Å². The van der Waals surface area contributed by atoms with E-state index >= 15 is 0 Å². The lowest BCUT2D eigenvalue weighted by Gasteiger charge is -2.17. The van der Waals surface area contributed by atoms with Crippen molar-refractivity contribution in [2.24, 2.45) is 0 Å². The van der Waals surface area contributed by atoms with Crippen molar-refractivity contribution in [3.8, 4) is 0 Å². The van der Waals surface area contributed by atoms with Gasteiger partial charge in [-0.05, 0) is 35.4 Å². The van der Waals surface area contributed by atoms with Gasteiger partial charge in [0.25, 0.3) is 0 Å². The lowest BCUT2D eigenvalue weighted by molar-refractivity contribution is 0.857. The molecule has 2 aromatic rings. The lowest BCUT2D eigenvalue weighted by Crippen LogP contribution is -2.16. The van der Waals surface area contributed by atoms with Gasteiger partial charge < -0.3 is 10.6 Å². The Morgan fingerprint density at radius 1 is 1.18 bits per heavy atom. The predicted octanol–water partition coefficient (Wildman–Crippen LogP) is 2.84. The van der Waals surface area contributed by atoms with Crippen LogP contribution in [-0.4, -0.2) is 4.98 Å². The number of benzene rings is 1. The molecule has 1 aromatic carbocycles. The van der Waals surface area contributed by atoms with E-state index in [9.17, 15) is 0 Å². The highest BCUT2D eigenvalue weighted by atomic mass is 35.5. The molecule has 1 aliphatic heterocycles. The van der Waals surface area contributed by atoms with Crippen LogP contribution in [0, 0.1) is 0 Å². The standard InChI is InChI=1S/C13H12ClN3/c14-12-2-1-5-16-13(12)17-7-9-3-4-11(15)6-10(9)8-17/h1-6H,7-8,15H2. The molecule has 1 aromatic heterocycles. The molecule has 0 aliphatic carbocycles. The van der Waals surface area contributed by atoms with Gasteiger partial charge in [0.05, 0.1) is 5.02 Å². The number of rotatable bonds is 1. The number of nitrogens with zero attached hydrogens (tertiary/aromatic N) is 2. The maximum atomic E-state index is 6.15. The van der Waals surface area contributed by atoms with Gasteiger partial charge in [0.2, 0.25) is 0 Å². The quantitative estimate of drug-likeness (QED) is 0.786. The van der Waals surface area contributed by atoms with Crippen LogP contribution in [0.4, 0.5) is 11.5 Å². The summed E-state index contributed by atoms with van der Waals surface area (Å²) >= 11 is 6.15. The number of nitrogen functional groups attached to an aromatic ring is 1. The minimum atomic E-state index is 0.688. The van der Waals surface area contributed by atoms with Crippen molar-refractivity contribution < 1.29 is 0 Å². The minimum absolute atomic E-state index is 0.688. The summed E-state index contributed by atoms with van der Waals surface area (Å²) in [6.07, 6.45) is 1.76. The highest BCUT2D eigenvalue weighted by Gasteiger charge is 2.21. The van der Waals surface area contributed by atoms with Gasteiger partial charge in [0.15, 0.2) is 0 Å². The molecule has 2 heterocycles. The van der Waals surface area contributed by atoms with Gasteiger partial charge in [-0.1, -0.05) is 17.7 Å². The molecule has 86 valence electrons. The molecular weight excluding hydrogens is 234 g/mol. The number of hydrogen-bond acceptors (Lipinski definition) is 3. The molecule has 0 fully saturated rings. The van der Waals surface area contributed by atoms with Crippen molar-refractivity contribution in [3.05, 3.63) is 52.7 Å². The van der Waals surface area contributed by atoms with E-state index < -0.39 is 0 Å². The Kier molecular flexibility index (Phi) is 2.41. The van der Waals surface area contributed by atoms with Crippen molar-refractivity contribution in [1.29, 1.82) is 0 Å². The Hall–Kier alpha value is -1.74. The number of halogens is 1. The van der Waals surface area contributed by atoms with Crippen molar-refractivity contribution in [2.45, 2.75) is 13.1 Å². The van der Waals surface area contributed by atoms with Crippen LogP contribution in [0.2, 0.25) is 5.02 Å². The Morgan fingerprint density at radius 3 is 2.82 bits per heavy atom. The molecular formula is C13H12ClN3. The molecule has 17 heavy (non-hydrogen) atoms. The summed E-state index contributed by atoms with van der Waals surface area (Å²) in [5.74, 6) is 0.837. The number of anilines is 2. The molecule has 0 saturated carbocycles. The van der Waals surface area contributed by atoms with E-state index in [2.05, 4.69) is 16.0 Å². The van der Waals surface area contributed by atoms with E-state index in [4.69, 9.17) is 17.3 Å². The summed E-state index contributed by atoms with van der Waals surface area (Å²) in [7, 11) is 0. The molecule has 0 spiro atoms. The molecule has 1 aliphatic rings. The average molecular weight is 246 g/mol. The number of nitrogens with two attached hydrogens (primary N) is 1. The smallest absolute Gasteiger partial charge is 0.147 e. The normalized spacial score (nSPS) is 13.8. The van der Waals surface area contributed by atoms with Crippen molar-refractivity contribution in [1.82, 2.24) is 4.98 Å². The van der Waals surface area contributed by atoms with Gasteiger partial charge in [-0.15, -0.1) is 0 Å². The van der Waals surface area contributed by atoms with Gasteiger partial charge in [0, 0.05) is 25.0 Å². The topological polar surface area (TPSA) is 42.1 Å². The number of fused-ring (bicyclic) bond motifs is 1. The fraction of sp³-hybridized carbons (Fsp3) is 0.154. The third-order valence-corrected chi connectivity index (χ3v) is 3.29. The van der Waals surface area contributed by atoms with Gasteiger partial charge in [0.1, 0.15) is 5.82 Å². The lowest BCUT2D eigenvalue weighted by atomic mass is 10.1. The Balaban J connectivity index is 1.94. The Morgan fingerprint density at radius 2 is 2.00 bits per heavy atom. The molecule has 3 nitrogen and oxygen atoms in total. The van der Waals surface area contributed by atoms with Crippen LogP contribution in [0.5, 0.6) is 0 Å². The van der Waals surface area contributed by atoms with Crippen LogP contribution in [0.15, 0.2) is 36.5 Å². The zero-order chi connectivity index (χ0) is 11.8. The summed E-state index contributed by atoms with van der Waals surface area (Å²) in [5.41, 5.74) is 9.14. The maximum Gasteiger partial charge on any atom is 0.147 e. The third-order valence-electron chi connectivity index (χ3n) is 2.99. The first-order chi connectivity index (χ1) is 8.24. The van der Waals surface area contributed by atoms with Crippen LogP contribution >= 0.6 is 11.6 Å². The first kappa shape index (κ1) is 10.4. The molecule has 0 atom stereocenters. The van der Waals surface area contributed by atoms with E-state index in [-0.39, 0.29) is 0 Å². The zero-order valence-corrected chi connectivity index (χ0v) is 9.98. The number of pyridine rings is 1. The van der Waals surface area contributed by atoms with Gasteiger partial charge >= 0.3 is 0 Å². The summed E-state index contributed by atoms with van der Waals surface area (Å²) in [5, 5.41) is 0.688. The largest absolute Gasteiger partial charge is 0.399 e. The fourth-order valence-corrected chi connectivity index (χ4v) is 2.42. The highest BCUT2D eigenvalue weighted by Crippen LogP contribution is 2.31. The van der Waals surface area contributed by atoms with Crippen LogP contribution in [0.3, 0.4) is 0 Å². The average Bonchev–Trinajstić information content (AvgIpc) is 2.72. The summed E-state index contributed by atoms with van der Waals surface area (Å²) in [4.78, 5) is 6.49. The number of aromatic nitrogens is 1. The van der Waals surface area contributed by atoms with E-state index in [1.54, 1.807) is 6.20 Å². The van der Waals surface area contributed by atoms with Crippen molar-refractivity contribution >= 4 is 23.1 Å². The summed E-state index contributed by atoms with van der Waals surface area (Å²) < 4.78 is 0. The van der Waals surface area contributed by atoms with Crippen LogP contribution in [-0.2, 0) is 13.1 Å². The first-order valence-electron chi connectivity index (χ1n) is 5.47. The molecule has 0 amide bonds. The molecule has 0 unspecified atom stereocenters. The second kappa shape index (κ2) is 3.93. The fourth-order valence-electron chi connectivity index (χ4n) is 2.17. The van der Waals surface area contributed by atoms with E-state index in [0.717, 1.165) is 24.6 Å². The van der Waals surface area contributed by atoms with Crippen LogP contribution in [0.25, 0.3) is 0 Å². The Labute approximate surface area is 105 Å². The molecule has 0 radical (unpaired) electrons. The molecule has 4 heteroatoms. The van der Waals surface area contributed by atoms with Crippen molar-refractivity contribution in [3.63, 3.8) is 0 Å². The summed E-state index contributed by atoms with van der Waals surface area (Å²) in [6.45, 7) is 1.66. The van der Waals surface area contributed by atoms with Gasteiger partial charge in [-0.25, -0.2) is 4.98 Å². The predicted molar refractivity (Wildman–Crippen MR) is 70.0 cm³/mol. The molecule has 0 saturated heterocycles. The zero-order valence-electron chi connectivity index (χ0n) is 9.23. The molecule has 3 rings (SSSR count). The second-order valence-electron chi connectivity index (χ2n) is 4.19. The van der Waals surface area contributed by atoms with Crippen LogP contribution in [0.1, 0.15) is 11.1 Å². The molecule has 2 N–H and O–H groups in total. The monoisotopic (exact) mass is 245 g/mol. The third kappa shape index (κ3) is 1.83. The van der Waals surface area contributed by atoms with Gasteiger partial charge in [-0.3, -0.25) is 0 Å². The van der Waals surface area contributed by atoms with E-state index in [0.29, 0.717) is 5.02 Å². The second-order valence-corrected chi connectivity index (χ2v) is 4.60. The van der Waals surface area contributed by atoms with E-state index in [1.807, 2.05) is 24.3 Å². The highest BCUT2D eigenvalue weighted by molar-refractivity contribution is 6.32. The first-order valence-corrected chi connectivity index (χ1v) is 5.84. The van der Waals surface area contributed by atoms with Gasteiger partial charge in [-0.2, -0.15) is 0 Å². The minimum Gasteiger partial charge on any atom is -0.399 e. The number of hydrogen-bond donors (Lipinski definition) is 1. The van der Waals surface area contributed by atoms with Crippen molar-refractivity contribution in [2.75, 3.05) is 10.6 Å². The Bertz CT molecular complexity index is 568. The SMILES string of the molecule is Nc1ccc2c(c1)CN(c1ncccc1Cl)C2.